The second kappa shape index (κ2) is 1.85. The van der Waals surface area contributed by atoms with E-state index in [4.69, 9.17) is 9.52 Å². The van der Waals surface area contributed by atoms with E-state index in [0.717, 1.165) is 0 Å². The van der Waals surface area contributed by atoms with Crippen LogP contribution in [-0.2, 0) is 0 Å². The molecule has 0 aliphatic carbocycles. The van der Waals surface area contributed by atoms with E-state index in [1.165, 1.54) is 12.5 Å². The van der Waals surface area contributed by atoms with E-state index in [1.54, 1.807) is 0 Å². The molecule has 5 heteroatoms. The largest absolute Gasteiger partial charge is 0.477 e. The third-order valence-corrected chi connectivity index (χ3v) is 1.41. The van der Waals surface area contributed by atoms with Crippen LogP contribution in [0.15, 0.2) is 16.9 Å². The molecule has 0 aliphatic heterocycles. The predicted octanol–water partition coefficient (Wildman–Crippen LogP) is 0.854. The van der Waals surface area contributed by atoms with Gasteiger partial charge in [-0.2, -0.15) is 5.10 Å². The lowest BCUT2D eigenvalue weighted by Crippen LogP contribution is -1.93. The molecular weight excluding hydrogens is 148 g/mol. The molecule has 11 heavy (non-hydrogen) atoms. The minimum absolute atomic E-state index is 0.109. The van der Waals surface area contributed by atoms with Crippen molar-refractivity contribution in [3.8, 4) is 0 Å². The van der Waals surface area contributed by atoms with E-state index >= 15 is 0 Å². The fourth-order valence-corrected chi connectivity index (χ4v) is 0.896. The number of carbonyl (C=O) groups is 1. The number of aromatic amines is 1. The van der Waals surface area contributed by atoms with Crippen molar-refractivity contribution in [1.29, 1.82) is 0 Å². The molecule has 0 aliphatic rings. The molecule has 0 unspecified atom stereocenters. The molecule has 0 spiro atoms. The first-order valence-electron chi connectivity index (χ1n) is 2.93. The first kappa shape index (κ1) is 5.96. The van der Waals surface area contributed by atoms with Crippen LogP contribution in [0.5, 0.6) is 0 Å². The van der Waals surface area contributed by atoms with Crippen LogP contribution in [0, 0.1) is 0 Å². The molecule has 2 heterocycles. The summed E-state index contributed by atoms with van der Waals surface area (Å²) in [6.45, 7) is 0. The summed E-state index contributed by atoms with van der Waals surface area (Å²) >= 11 is 0. The Hall–Kier alpha value is -1.78. The average Bonchev–Trinajstić information content (AvgIpc) is 2.41. The van der Waals surface area contributed by atoms with Gasteiger partial charge in [-0.25, -0.2) is 4.79 Å². The van der Waals surface area contributed by atoms with E-state index in [2.05, 4.69) is 10.2 Å². The fraction of sp³-hybridized carbons (Fsp3) is 0. The smallest absolute Gasteiger partial charge is 0.341 e. The third-order valence-electron chi connectivity index (χ3n) is 1.41. The van der Waals surface area contributed by atoms with Crippen LogP contribution in [0.1, 0.15) is 10.4 Å². The van der Waals surface area contributed by atoms with Gasteiger partial charge in [-0.15, -0.1) is 0 Å². The molecule has 5 nitrogen and oxygen atoms in total. The summed E-state index contributed by atoms with van der Waals surface area (Å²) in [5, 5.41) is 14.7. The lowest BCUT2D eigenvalue weighted by atomic mass is 10.3. The van der Waals surface area contributed by atoms with Gasteiger partial charge in [0.05, 0.1) is 6.20 Å². The highest BCUT2D eigenvalue weighted by molar-refractivity contribution is 6.00. The van der Waals surface area contributed by atoms with Crippen molar-refractivity contribution in [3.05, 3.63) is 18.0 Å². The molecule has 0 amide bonds. The number of hydrogen-bond donors (Lipinski definition) is 2. The molecule has 0 fully saturated rings. The van der Waals surface area contributed by atoms with Crippen LogP contribution in [0.3, 0.4) is 0 Å². The molecular formula is C6H4N2O3. The SMILES string of the molecule is O=C(O)c1coc2cn[nH]c12. The minimum Gasteiger partial charge on any atom is -0.477 e. The average molecular weight is 152 g/mol. The number of hydrogen-bond acceptors (Lipinski definition) is 3. The number of nitrogens with one attached hydrogen (secondary N) is 1. The zero-order valence-electron chi connectivity index (χ0n) is 5.37. The Morgan fingerprint density at radius 1 is 1.73 bits per heavy atom. The summed E-state index contributed by atoms with van der Waals surface area (Å²) in [7, 11) is 0. The highest BCUT2D eigenvalue weighted by Gasteiger charge is 2.12. The molecule has 2 rings (SSSR count). The van der Waals surface area contributed by atoms with Gasteiger partial charge in [-0.1, -0.05) is 0 Å². The summed E-state index contributed by atoms with van der Waals surface area (Å²) < 4.78 is 4.88. The van der Waals surface area contributed by atoms with Gasteiger partial charge in [0.1, 0.15) is 17.3 Å². The van der Waals surface area contributed by atoms with E-state index in [0.29, 0.717) is 11.1 Å². The zero-order valence-corrected chi connectivity index (χ0v) is 5.37. The first-order chi connectivity index (χ1) is 5.29. The number of carboxylic acids is 1. The Bertz CT molecular complexity index is 401. The fourth-order valence-electron chi connectivity index (χ4n) is 0.896. The van der Waals surface area contributed by atoms with Gasteiger partial charge in [0, 0.05) is 0 Å². The van der Waals surface area contributed by atoms with Gasteiger partial charge in [-0.05, 0) is 0 Å². The lowest BCUT2D eigenvalue weighted by Gasteiger charge is -1.81. The Labute approximate surface area is 60.6 Å². The topological polar surface area (TPSA) is 79.1 Å². The van der Waals surface area contributed by atoms with Crippen molar-refractivity contribution in [1.82, 2.24) is 10.2 Å². The molecule has 0 aromatic carbocycles. The third kappa shape index (κ3) is 0.706. The number of furan rings is 1. The number of rotatable bonds is 1. The van der Waals surface area contributed by atoms with Crippen LogP contribution < -0.4 is 0 Å². The summed E-state index contributed by atoms with van der Waals surface area (Å²) in [6.07, 6.45) is 2.62. The van der Waals surface area contributed by atoms with Crippen molar-refractivity contribution in [2.24, 2.45) is 0 Å². The minimum atomic E-state index is -1.02. The molecule has 0 atom stereocenters. The van der Waals surface area contributed by atoms with Crippen molar-refractivity contribution in [2.75, 3.05) is 0 Å². The number of H-pyrrole nitrogens is 1. The van der Waals surface area contributed by atoms with Crippen molar-refractivity contribution >= 4 is 17.1 Å². The molecule has 0 saturated heterocycles. The van der Waals surface area contributed by atoms with E-state index in [9.17, 15) is 4.79 Å². The molecule has 0 saturated carbocycles. The quantitative estimate of drug-likeness (QED) is 0.634. The highest BCUT2D eigenvalue weighted by Crippen LogP contribution is 2.17. The normalized spacial score (nSPS) is 10.5. The van der Waals surface area contributed by atoms with Gasteiger partial charge in [0.25, 0.3) is 0 Å². The molecule has 0 bridgehead atoms. The summed E-state index contributed by atoms with van der Waals surface area (Å²) in [6, 6.07) is 0. The van der Waals surface area contributed by atoms with Crippen LogP contribution in [0.25, 0.3) is 11.1 Å². The second-order valence-corrected chi connectivity index (χ2v) is 2.06. The Morgan fingerprint density at radius 3 is 3.27 bits per heavy atom. The molecule has 56 valence electrons. The number of aromatic carboxylic acids is 1. The Balaban J connectivity index is 2.78. The van der Waals surface area contributed by atoms with Crippen LogP contribution in [0.4, 0.5) is 0 Å². The van der Waals surface area contributed by atoms with Gasteiger partial charge in [0.2, 0.25) is 0 Å². The maximum absolute atomic E-state index is 10.5. The van der Waals surface area contributed by atoms with Gasteiger partial charge in [-0.3, -0.25) is 5.10 Å². The maximum Gasteiger partial charge on any atom is 0.341 e. The van der Waals surface area contributed by atoms with Crippen LogP contribution in [-0.4, -0.2) is 21.3 Å². The molecule has 2 aromatic rings. The van der Waals surface area contributed by atoms with Gasteiger partial charge < -0.3 is 9.52 Å². The van der Waals surface area contributed by atoms with E-state index < -0.39 is 5.97 Å². The van der Waals surface area contributed by atoms with E-state index in [1.807, 2.05) is 0 Å². The molecule has 0 radical (unpaired) electrons. The van der Waals surface area contributed by atoms with Gasteiger partial charge in [0.15, 0.2) is 5.58 Å². The van der Waals surface area contributed by atoms with Crippen molar-refractivity contribution < 1.29 is 14.3 Å². The number of fused-ring (bicyclic) bond motifs is 1. The number of carboxylic acid groups (broad SMARTS) is 1. The molecule has 2 aromatic heterocycles. The summed E-state index contributed by atoms with van der Waals surface area (Å²) in [4.78, 5) is 10.5. The Morgan fingerprint density at radius 2 is 2.55 bits per heavy atom. The van der Waals surface area contributed by atoms with Crippen molar-refractivity contribution in [2.45, 2.75) is 0 Å². The molecule has 2 N–H and O–H groups in total. The highest BCUT2D eigenvalue weighted by atomic mass is 16.4. The standard InChI is InChI=1S/C6H4N2O3/c9-6(10)3-2-11-4-1-7-8-5(3)4/h1-2H,(H,7,8)(H,9,10). The lowest BCUT2D eigenvalue weighted by molar-refractivity contribution is 0.0697. The summed E-state index contributed by atoms with van der Waals surface area (Å²) in [5.74, 6) is -1.02. The Kier molecular flexibility index (Phi) is 1.00. The van der Waals surface area contributed by atoms with Crippen molar-refractivity contribution in [3.63, 3.8) is 0 Å². The van der Waals surface area contributed by atoms with Crippen LogP contribution in [0.2, 0.25) is 0 Å². The van der Waals surface area contributed by atoms with E-state index in [-0.39, 0.29) is 5.56 Å². The maximum atomic E-state index is 10.5. The van der Waals surface area contributed by atoms with Crippen LogP contribution >= 0.6 is 0 Å². The monoisotopic (exact) mass is 152 g/mol. The second-order valence-electron chi connectivity index (χ2n) is 2.06. The predicted molar refractivity (Wildman–Crippen MR) is 35.3 cm³/mol. The number of nitrogens with zero attached hydrogens (tertiary/aromatic N) is 1. The first-order valence-corrected chi connectivity index (χ1v) is 2.93. The van der Waals surface area contributed by atoms with Gasteiger partial charge >= 0.3 is 5.97 Å². The number of aromatic nitrogens is 2. The summed E-state index contributed by atoms with van der Waals surface area (Å²) in [5.41, 5.74) is 0.998. The zero-order chi connectivity index (χ0) is 7.84.